The van der Waals surface area contributed by atoms with Crippen LogP contribution in [0.2, 0.25) is 5.02 Å². The molecule has 1 saturated heterocycles. The zero-order valence-electron chi connectivity index (χ0n) is 11.0. The van der Waals surface area contributed by atoms with E-state index in [0.717, 1.165) is 5.69 Å². The van der Waals surface area contributed by atoms with E-state index in [-0.39, 0.29) is 24.1 Å². The van der Waals surface area contributed by atoms with Gasteiger partial charge in [-0.05, 0) is 18.2 Å². The van der Waals surface area contributed by atoms with E-state index >= 15 is 0 Å². The Morgan fingerprint density at radius 1 is 1.29 bits per heavy atom. The van der Waals surface area contributed by atoms with Gasteiger partial charge in [0.25, 0.3) is 5.91 Å². The molecule has 2 aromatic rings. The van der Waals surface area contributed by atoms with E-state index in [0.29, 0.717) is 18.1 Å². The van der Waals surface area contributed by atoms with Crippen LogP contribution in [-0.4, -0.2) is 41.5 Å². The molecular weight excluding hydrogens is 294 g/mol. The molecule has 1 aromatic heterocycles. The maximum Gasteiger partial charge on any atom is 0.276 e. The van der Waals surface area contributed by atoms with E-state index in [1.54, 1.807) is 23.1 Å². The van der Waals surface area contributed by atoms with Crippen LogP contribution in [-0.2, 0) is 4.79 Å². The molecule has 0 atom stereocenters. The summed E-state index contributed by atoms with van der Waals surface area (Å²) in [6.45, 7) is 0.866. The number of rotatable bonds is 2. The molecule has 0 unspecified atom stereocenters. The normalized spacial score (nSPS) is 15.4. The van der Waals surface area contributed by atoms with Crippen molar-refractivity contribution in [2.45, 2.75) is 0 Å². The largest absolute Gasteiger partial charge is 0.364 e. The molecule has 0 bridgehead atoms. The standard InChI is InChI=1S/C14H12ClN3O3/c15-10-2-1-3-11(8-10)18-6-5-17(9-13(18)19)14(20)12-4-7-21-16-12/h1-4,7-8H,5-6,9H2. The second-order valence-corrected chi connectivity index (χ2v) is 5.07. The molecule has 3 rings (SSSR count). The minimum absolute atomic E-state index is 0.0121. The van der Waals surface area contributed by atoms with Crippen LogP contribution < -0.4 is 4.90 Å². The van der Waals surface area contributed by atoms with Crippen LogP contribution in [0, 0.1) is 0 Å². The third-order valence-corrected chi connectivity index (χ3v) is 3.52. The summed E-state index contributed by atoms with van der Waals surface area (Å²) in [5.74, 6) is -0.455. The van der Waals surface area contributed by atoms with Gasteiger partial charge in [-0.3, -0.25) is 9.59 Å². The van der Waals surface area contributed by atoms with Crippen molar-refractivity contribution in [3.8, 4) is 0 Å². The molecule has 6 nitrogen and oxygen atoms in total. The fraction of sp³-hybridized carbons (Fsp3) is 0.214. The second kappa shape index (κ2) is 5.57. The van der Waals surface area contributed by atoms with Crippen molar-refractivity contribution in [1.29, 1.82) is 0 Å². The number of carbonyl (C=O) groups excluding carboxylic acids is 2. The van der Waals surface area contributed by atoms with Gasteiger partial charge < -0.3 is 14.3 Å². The summed E-state index contributed by atoms with van der Waals surface area (Å²) in [6.07, 6.45) is 1.33. The predicted molar refractivity (Wildman–Crippen MR) is 76.2 cm³/mol. The lowest BCUT2D eigenvalue weighted by atomic mass is 10.2. The molecule has 2 amide bonds. The van der Waals surface area contributed by atoms with Crippen LogP contribution in [0.5, 0.6) is 0 Å². The average Bonchev–Trinajstić information content (AvgIpc) is 3.00. The van der Waals surface area contributed by atoms with Crippen molar-refractivity contribution in [2.75, 3.05) is 24.5 Å². The smallest absolute Gasteiger partial charge is 0.276 e. The molecule has 0 aliphatic carbocycles. The Bertz CT molecular complexity index is 672. The molecule has 2 heterocycles. The van der Waals surface area contributed by atoms with E-state index in [9.17, 15) is 9.59 Å². The van der Waals surface area contributed by atoms with Crippen LogP contribution in [0.15, 0.2) is 41.1 Å². The van der Waals surface area contributed by atoms with Crippen molar-refractivity contribution >= 4 is 29.1 Å². The van der Waals surface area contributed by atoms with Crippen molar-refractivity contribution in [2.24, 2.45) is 0 Å². The molecule has 108 valence electrons. The molecule has 0 radical (unpaired) electrons. The summed E-state index contributed by atoms with van der Waals surface area (Å²) in [7, 11) is 0. The lowest BCUT2D eigenvalue weighted by molar-refractivity contribution is -0.120. The summed E-state index contributed by atoms with van der Waals surface area (Å²) in [6, 6.07) is 8.57. The summed E-state index contributed by atoms with van der Waals surface area (Å²) in [4.78, 5) is 27.4. The number of hydrogen-bond acceptors (Lipinski definition) is 4. The molecule has 0 saturated carbocycles. The molecule has 0 spiro atoms. The quantitative estimate of drug-likeness (QED) is 0.849. The maximum absolute atomic E-state index is 12.2. The average molecular weight is 306 g/mol. The van der Waals surface area contributed by atoms with Gasteiger partial charge in [0.2, 0.25) is 5.91 Å². The van der Waals surface area contributed by atoms with Gasteiger partial charge in [-0.25, -0.2) is 0 Å². The van der Waals surface area contributed by atoms with Crippen LogP contribution in [0.1, 0.15) is 10.5 Å². The first kappa shape index (κ1) is 13.6. The van der Waals surface area contributed by atoms with Gasteiger partial charge in [-0.15, -0.1) is 0 Å². The zero-order chi connectivity index (χ0) is 14.8. The number of benzene rings is 1. The van der Waals surface area contributed by atoms with Gasteiger partial charge in [-0.1, -0.05) is 22.8 Å². The predicted octanol–water partition coefficient (Wildman–Crippen LogP) is 1.82. The third-order valence-electron chi connectivity index (χ3n) is 3.28. The van der Waals surface area contributed by atoms with Crippen molar-refractivity contribution in [1.82, 2.24) is 10.1 Å². The summed E-state index contributed by atoms with van der Waals surface area (Å²) >= 11 is 5.94. The minimum atomic E-state index is -0.303. The topological polar surface area (TPSA) is 66.7 Å². The lowest BCUT2D eigenvalue weighted by Gasteiger charge is -2.34. The molecule has 21 heavy (non-hydrogen) atoms. The second-order valence-electron chi connectivity index (χ2n) is 4.64. The SMILES string of the molecule is O=C(c1ccon1)N1CCN(c2cccc(Cl)c2)C(=O)C1. The number of hydrogen-bond donors (Lipinski definition) is 0. The van der Waals surface area contributed by atoms with E-state index in [4.69, 9.17) is 11.6 Å². The van der Waals surface area contributed by atoms with Crippen molar-refractivity contribution in [3.63, 3.8) is 0 Å². The zero-order valence-corrected chi connectivity index (χ0v) is 11.8. The molecule has 1 fully saturated rings. The van der Waals surface area contributed by atoms with Gasteiger partial charge in [-0.2, -0.15) is 0 Å². The highest BCUT2D eigenvalue weighted by atomic mass is 35.5. The Morgan fingerprint density at radius 2 is 2.14 bits per heavy atom. The van der Waals surface area contributed by atoms with Gasteiger partial charge >= 0.3 is 0 Å². The first-order valence-corrected chi connectivity index (χ1v) is 6.78. The van der Waals surface area contributed by atoms with Gasteiger partial charge in [0, 0.05) is 29.9 Å². The number of amides is 2. The highest BCUT2D eigenvalue weighted by molar-refractivity contribution is 6.30. The van der Waals surface area contributed by atoms with Gasteiger partial charge in [0.05, 0.1) is 0 Å². The fourth-order valence-electron chi connectivity index (χ4n) is 2.25. The van der Waals surface area contributed by atoms with Crippen LogP contribution in [0.4, 0.5) is 5.69 Å². The monoisotopic (exact) mass is 305 g/mol. The summed E-state index contributed by atoms with van der Waals surface area (Å²) < 4.78 is 4.65. The number of anilines is 1. The Hall–Kier alpha value is -2.34. The van der Waals surface area contributed by atoms with E-state index in [2.05, 4.69) is 9.68 Å². The molecule has 1 aliphatic rings. The minimum Gasteiger partial charge on any atom is -0.364 e. The number of nitrogens with zero attached hydrogens (tertiary/aromatic N) is 3. The summed E-state index contributed by atoms with van der Waals surface area (Å²) in [5, 5.41) is 4.17. The van der Waals surface area contributed by atoms with Crippen molar-refractivity contribution in [3.05, 3.63) is 47.3 Å². The summed E-state index contributed by atoms with van der Waals surface area (Å²) in [5.41, 5.74) is 0.944. The van der Waals surface area contributed by atoms with Gasteiger partial charge in [0.1, 0.15) is 12.8 Å². The Balaban J connectivity index is 1.73. The molecular formula is C14H12ClN3O3. The number of halogens is 1. The highest BCUT2D eigenvalue weighted by Crippen LogP contribution is 2.21. The van der Waals surface area contributed by atoms with Crippen LogP contribution in [0.25, 0.3) is 0 Å². The number of carbonyl (C=O) groups is 2. The number of aromatic nitrogens is 1. The first-order chi connectivity index (χ1) is 10.1. The molecule has 7 heteroatoms. The van der Waals surface area contributed by atoms with E-state index in [1.165, 1.54) is 17.2 Å². The van der Waals surface area contributed by atoms with Crippen LogP contribution >= 0.6 is 11.6 Å². The lowest BCUT2D eigenvalue weighted by Crippen LogP contribution is -2.52. The highest BCUT2D eigenvalue weighted by Gasteiger charge is 2.29. The molecule has 1 aliphatic heterocycles. The first-order valence-electron chi connectivity index (χ1n) is 6.41. The molecule has 1 aromatic carbocycles. The Labute approximate surface area is 125 Å². The fourth-order valence-corrected chi connectivity index (χ4v) is 2.43. The van der Waals surface area contributed by atoms with E-state index in [1.807, 2.05) is 6.07 Å². The van der Waals surface area contributed by atoms with Crippen LogP contribution in [0.3, 0.4) is 0 Å². The third kappa shape index (κ3) is 2.75. The maximum atomic E-state index is 12.2. The van der Waals surface area contributed by atoms with E-state index < -0.39 is 0 Å². The van der Waals surface area contributed by atoms with Crippen molar-refractivity contribution < 1.29 is 14.1 Å². The Kier molecular flexibility index (Phi) is 3.62. The Morgan fingerprint density at radius 3 is 2.81 bits per heavy atom. The van der Waals surface area contributed by atoms with Gasteiger partial charge in [0.15, 0.2) is 5.69 Å². The number of piperazine rings is 1. The molecule has 0 N–H and O–H groups in total.